The van der Waals surface area contributed by atoms with E-state index in [0.29, 0.717) is 5.92 Å². The van der Waals surface area contributed by atoms with E-state index in [2.05, 4.69) is 65.1 Å². The Morgan fingerprint density at radius 1 is 1.26 bits per heavy atom. The predicted octanol–water partition coefficient (Wildman–Crippen LogP) is 5.14. The molecule has 1 aliphatic rings. The molecule has 4 rings (SSSR count). The van der Waals surface area contributed by atoms with Gasteiger partial charge < -0.3 is 10.3 Å². The van der Waals surface area contributed by atoms with Crippen LogP contribution in [0.4, 0.5) is 0 Å². The Morgan fingerprint density at radius 3 is 2.78 bits per heavy atom. The summed E-state index contributed by atoms with van der Waals surface area (Å²) >= 11 is 0. The molecule has 0 radical (unpaired) electrons. The first-order chi connectivity index (χ1) is 13.0. The number of nitrogens with one attached hydrogen (secondary N) is 2. The van der Waals surface area contributed by atoms with Crippen LogP contribution in [0.2, 0.25) is 0 Å². The molecule has 27 heavy (non-hydrogen) atoms. The van der Waals surface area contributed by atoms with E-state index in [0.717, 1.165) is 33.4 Å². The van der Waals surface area contributed by atoms with Crippen LogP contribution in [0, 0.1) is 0 Å². The lowest BCUT2D eigenvalue weighted by Gasteiger charge is -2.13. The Labute approximate surface area is 159 Å². The number of pyridine rings is 2. The Morgan fingerprint density at radius 2 is 2.07 bits per heavy atom. The molecule has 4 heteroatoms. The lowest BCUT2D eigenvalue weighted by Crippen LogP contribution is -2.06. The lowest BCUT2D eigenvalue weighted by atomic mass is 9.92. The second-order valence-corrected chi connectivity index (χ2v) is 7.18. The molecule has 0 amide bonds. The molecule has 0 saturated heterocycles. The van der Waals surface area contributed by atoms with Gasteiger partial charge in [-0.3, -0.25) is 4.98 Å². The fourth-order valence-corrected chi connectivity index (χ4v) is 3.97. The summed E-state index contributed by atoms with van der Waals surface area (Å²) in [7, 11) is 1.93. The van der Waals surface area contributed by atoms with E-state index in [1.807, 2.05) is 32.6 Å². The van der Waals surface area contributed by atoms with E-state index in [9.17, 15) is 0 Å². The average Bonchev–Trinajstić information content (AvgIpc) is 3.22. The van der Waals surface area contributed by atoms with Gasteiger partial charge in [0.15, 0.2) is 0 Å². The van der Waals surface area contributed by atoms with Gasteiger partial charge in [-0.15, -0.1) is 0 Å². The van der Waals surface area contributed by atoms with Crippen LogP contribution in [0.1, 0.15) is 48.9 Å². The lowest BCUT2D eigenvalue weighted by molar-refractivity contribution is 0.992. The molecule has 4 nitrogen and oxygen atoms in total. The number of rotatable bonds is 4. The Balaban J connectivity index is 1.87. The normalized spacial score (nSPS) is 16.7. The van der Waals surface area contributed by atoms with Gasteiger partial charge in [-0.25, -0.2) is 4.98 Å². The number of nitrogens with zero attached hydrogens (tertiary/aromatic N) is 2. The van der Waals surface area contributed by atoms with Gasteiger partial charge in [-0.2, -0.15) is 0 Å². The van der Waals surface area contributed by atoms with Crippen molar-refractivity contribution in [2.75, 3.05) is 7.05 Å². The molecule has 1 aliphatic carbocycles. The first kappa shape index (κ1) is 17.3. The predicted molar refractivity (Wildman–Crippen MR) is 113 cm³/mol. The maximum Gasteiger partial charge on any atom is 0.137 e. The molecule has 1 atom stereocenters. The van der Waals surface area contributed by atoms with Gasteiger partial charge >= 0.3 is 0 Å². The highest BCUT2D eigenvalue weighted by Crippen LogP contribution is 2.43. The van der Waals surface area contributed by atoms with E-state index in [-0.39, 0.29) is 0 Å². The first-order valence-corrected chi connectivity index (χ1v) is 9.19. The Hall–Kier alpha value is -3.14. The molecule has 1 unspecified atom stereocenters. The van der Waals surface area contributed by atoms with Crippen LogP contribution < -0.4 is 5.32 Å². The van der Waals surface area contributed by atoms with Crippen LogP contribution in [0.15, 0.2) is 54.8 Å². The van der Waals surface area contributed by atoms with Crippen LogP contribution in [0.5, 0.6) is 0 Å². The smallest absolute Gasteiger partial charge is 0.137 e. The van der Waals surface area contributed by atoms with Crippen molar-refractivity contribution < 1.29 is 0 Å². The van der Waals surface area contributed by atoms with Crippen molar-refractivity contribution in [3.63, 3.8) is 0 Å². The molecule has 136 valence electrons. The van der Waals surface area contributed by atoms with Crippen LogP contribution in [0.3, 0.4) is 0 Å². The van der Waals surface area contributed by atoms with Crippen LogP contribution in [-0.2, 0) is 0 Å². The molecule has 0 saturated carbocycles. The molecule has 0 aromatic carbocycles. The molecule has 0 fully saturated rings. The average molecular weight is 356 g/mol. The standard InChI is InChI=1S/C23H24N4/c1-13(2)22(15(4)24-5)17-9-19-21(12-27-23(19)26-10-17)18-8-16-6-7-25-11-20(16)14(18)3/h6-12,14,24H,1H2,2-5H3,(H,26,27)/b22-15+. The largest absolute Gasteiger partial charge is 0.391 e. The van der Waals surface area contributed by atoms with E-state index in [1.165, 1.54) is 22.3 Å². The molecule has 0 spiro atoms. The number of hydrogen-bond donors (Lipinski definition) is 2. The molecule has 3 aromatic rings. The minimum atomic E-state index is 0.312. The van der Waals surface area contributed by atoms with Gasteiger partial charge in [0.25, 0.3) is 0 Å². The quantitative estimate of drug-likeness (QED) is 0.636. The number of aromatic nitrogens is 3. The van der Waals surface area contributed by atoms with E-state index in [4.69, 9.17) is 0 Å². The van der Waals surface area contributed by atoms with E-state index < -0.39 is 0 Å². The molecule has 3 aromatic heterocycles. The minimum Gasteiger partial charge on any atom is -0.391 e. The van der Waals surface area contributed by atoms with Crippen molar-refractivity contribution in [2.24, 2.45) is 0 Å². The summed E-state index contributed by atoms with van der Waals surface area (Å²) in [5, 5.41) is 4.37. The molecular formula is C23H24N4. The highest BCUT2D eigenvalue weighted by Gasteiger charge is 2.24. The monoisotopic (exact) mass is 356 g/mol. The van der Waals surface area contributed by atoms with Gasteiger partial charge in [0.2, 0.25) is 0 Å². The van der Waals surface area contributed by atoms with Gasteiger partial charge in [-0.1, -0.05) is 19.6 Å². The zero-order valence-corrected chi connectivity index (χ0v) is 16.2. The zero-order chi connectivity index (χ0) is 19.1. The third-order valence-electron chi connectivity index (χ3n) is 5.44. The van der Waals surface area contributed by atoms with Gasteiger partial charge in [-0.05, 0) is 48.3 Å². The summed E-state index contributed by atoms with van der Waals surface area (Å²) in [6.45, 7) is 10.5. The maximum absolute atomic E-state index is 4.67. The number of fused-ring (bicyclic) bond motifs is 2. The van der Waals surface area contributed by atoms with Gasteiger partial charge in [0.05, 0.1) is 0 Å². The van der Waals surface area contributed by atoms with Gasteiger partial charge in [0, 0.05) is 65.5 Å². The highest BCUT2D eigenvalue weighted by molar-refractivity contribution is 6.01. The summed E-state index contributed by atoms with van der Waals surface area (Å²) < 4.78 is 0. The number of hydrogen-bond acceptors (Lipinski definition) is 3. The summed E-state index contributed by atoms with van der Waals surface area (Å²) in [5.74, 6) is 0.312. The fourth-order valence-electron chi connectivity index (χ4n) is 3.97. The summed E-state index contributed by atoms with van der Waals surface area (Å²) in [5.41, 5.74) is 10.2. The van der Waals surface area contributed by atoms with Crippen molar-refractivity contribution in [3.05, 3.63) is 77.0 Å². The van der Waals surface area contributed by atoms with Gasteiger partial charge in [0.1, 0.15) is 5.65 Å². The fraction of sp³-hybridized carbons (Fsp3) is 0.217. The summed E-state index contributed by atoms with van der Waals surface area (Å²) in [6, 6.07) is 4.30. The van der Waals surface area contributed by atoms with Crippen LogP contribution in [0.25, 0.3) is 28.3 Å². The van der Waals surface area contributed by atoms with Crippen molar-refractivity contribution in [1.29, 1.82) is 0 Å². The second kappa shape index (κ2) is 6.54. The molecular weight excluding hydrogens is 332 g/mol. The molecule has 2 N–H and O–H groups in total. The maximum atomic E-state index is 4.67. The number of aromatic amines is 1. The van der Waals surface area contributed by atoms with Crippen LogP contribution in [-0.4, -0.2) is 22.0 Å². The van der Waals surface area contributed by atoms with E-state index >= 15 is 0 Å². The third-order valence-corrected chi connectivity index (χ3v) is 5.44. The summed E-state index contributed by atoms with van der Waals surface area (Å²) in [4.78, 5) is 12.3. The minimum absolute atomic E-state index is 0.312. The van der Waals surface area contributed by atoms with Crippen molar-refractivity contribution in [3.8, 4) is 0 Å². The number of allylic oxidation sites excluding steroid dienone is 4. The van der Waals surface area contributed by atoms with Crippen LogP contribution >= 0.6 is 0 Å². The second-order valence-electron chi connectivity index (χ2n) is 7.18. The summed E-state index contributed by atoms with van der Waals surface area (Å²) in [6.07, 6.45) is 10.1. The third kappa shape index (κ3) is 2.78. The van der Waals surface area contributed by atoms with Crippen molar-refractivity contribution >= 4 is 28.3 Å². The molecule has 3 heterocycles. The highest BCUT2D eigenvalue weighted by atomic mass is 14.8. The van der Waals surface area contributed by atoms with E-state index in [1.54, 1.807) is 0 Å². The number of H-pyrrole nitrogens is 1. The van der Waals surface area contributed by atoms with Crippen molar-refractivity contribution in [2.45, 2.75) is 26.7 Å². The zero-order valence-electron chi connectivity index (χ0n) is 16.2. The molecule has 0 bridgehead atoms. The SMILES string of the molecule is C=C(C)/C(=C(/C)NC)c1cnc2[nH]cc(C3=Cc4ccncc4C3C)c2c1. The first-order valence-electron chi connectivity index (χ1n) is 9.19. The Kier molecular flexibility index (Phi) is 4.19. The van der Waals surface area contributed by atoms with Crippen molar-refractivity contribution in [1.82, 2.24) is 20.3 Å². The molecule has 0 aliphatic heterocycles. The topological polar surface area (TPSA) is 53.6 Å². The Bertz CT molecular complexity index is 1110.